The lowest BCUT2D eigenvalue weighted by Crippen LogP contribution is -2.46. The normalized spacial score (nSPS) is 12.1. The van der Waals surface area contributed by atoms with Crippen molar-refractivity contribution in [2.75, 3.05) is 31.3 Å². The molecule has 8 nitrogen and oxygen atoms in total. The quantitative estimate of drug-likeness (QED) is 0.478. The van der Waals surface area contributed by atoms with Crippen LogP contribution in [0.3, 0.4) is 0 Å². The van der Waals surface area contributed by atoms with Crippen LogP contribution in [-0.2, 0) is 26.2 Å². The van der Waals surface area contributed by atoms with E-state index in [1.54, 1.807) is 49.4 Å². The average molecular weight is 530 g/mol. The lowest BCUT2D eigenvalue weighted by Gasteiger charge is -2.29. The zero-order chi connectivity index (χ0) is 25.5. The summed E-state index contributed by atoms with van der Waals surface area (Å²) in [5.74, 6) is -0.110. The Morgan fingerprint density at radius 2 is 1.85 bits per heavy atom. The first-order valence-electron chi connectivity index (χ1n) is 10.5. The summed E-state index contributed by atoms with van der Waals surface area (Å²) in [6.07, 6.45) is 1.38. The van der Waals surface area contributed by atoms with Crippen LogP contribution in [0.4, 0.5) is 5.69 Å². The van der Waals surface area contributed by atoms with Crippen molar-refractivity contribution in [3.8, 4) is 5.75 Å². The van der Waals surface area contributed by atoms with Crippen LogP contribution in [0.5, 0.6) is 5.75 Å². The van der Waals surface area contributed by atoms with Crippen molar-refractivity contribution in [2.24, 2.45) is 0 Å². The van der Waals surface area contributed by atoms with E-state index in [-0.39, 0.29) is 37.7 Å². The van der Waals surface area contributed by atoms with Crippen LogP contribution in [0.15, 0.2) is 42.5 Å². The molecule has 0 aliphatic rings. The highest BCUT2D eigenvalue weighted by Gasteiger charge is 2.26. The molecule has 11 heteroatoms. The molecular formula is C23H29Cl2N3O5S. The lowest BCUT2D eigenvalue weighted by molar-refractivity contribution is -0.140. The van der Waals surface area contributed by atoms with E-state index in [1.165, 1.54) is 23.4 Å². The number of carbonyl (C=O) groups excluding carboxylic acids is 2. The Hall–Kier alpha value is -2.49. The molecule has 0 fully saturated rings. The molecule has 0 unspecified atom stereocenters. The van der Waals surface area contributed by atoms with E-state index in [0.29, 0.717) is 27.0 Å². The number of likely N-dealkylation sites (N-methyl/N-ethyl adjacent to an activating group) is 1. The SMILES string of the molecule is CNC(=O)[C@H](C)N(Cc1ccc(Cl)cc1Cl)C(=O)CCCN(c1cccc(OC)c1)S(C)(=O)=O. The Labute approximate surface area is 210 Å². The van der Waals surface area contributed by atoms with Crippen LogP contribution in [0.1, 0.15) is 25.3 Å². The standard InChI is InChI=1S/C23H29Cl2N3O5S/c1-16(23(30)26-2)27(15-17-10-11-18(24)13-21(17)25)22(29)9-6-12-28(34(4,31)32)19-7-5-8-20(14-19)33-3/h5,7-8,10-11,13-14,16H,6,9,12,15H2,1-4H3,(H,26,30)/t16-/m0/s1. The van der Waals surface area contributed by atoms with Gasteiger partial charge in [0.25, 0.3) is 0 Å². The number of ether oxygens (including phenoxy) is 1. The number of hydrogen-bond donors (Lipinski definition) is 1. The first-order chi connectivity index (χ1) is 16.0. The number of benzene rings is 2. The van der Waals surface area contributed by atoms with Crippen molar-refractivity contribution >= 4 is 50.7 Å². The molecule has 0 aromatic heterocycles. The van der Waals surface area contributed by atoms with Crippen molar-refractivity contribution in [1.29, 1.82) is 0 Å². The molecule has 1 N–H and O–H groups in total. The number of halogens is 2. The van der Waals surface area contributed by atoms with Crippen LogP contribution in [0.2, 0.25) is 10.0 Å². The number of hydrogen-bond acceptors (Lipinski definition) is 5. The van der Waals surface area contributed by atoms with Gasteiger partial charge in [-0.3, -0.25) is 13.9 Å². The summed E-state index contributed by atoms with van der Waals surface area (Å²) in [4.78, 5) is 26.9. The fourth-order valence-corrected chi connectivity index (χ4v) is 4.82. The van der Waals surface area contributed by atoms with Gasteiger partial charge in [0.15, 0.2) is 0 Å². The molecule has 0 spiro atoms. The molecule has 34 heavy (non-hydrogen) atoms. The van der Waals surface area contributed by atoms with Crippen LogP contribution < -0.4 is 14.4 Å². The number of rotatable bonds is 11. The third kappa shape index (κ3) is 7.51. The van der Waals surface area contributed by atoms with Crippen LogP contribution in [0, 0.1) is 0 Å². The fraction of sp³-hybridized carbons (Fsp3) is 0.391. The molecule has 0 radical (unpaired) electrons. The number of amides is 2. The molecular weight excluding hydrogens is 501 g/mol. The van der Waals surface area contributed by atoms with Gasteiger partial charge in [0, 0.05) is 42.7 Å². The Morgan fingerprint density at radius 1 is 1.15 bits per heavy atom. The van der Waals surface area contributed by atoms with Crippen molar-refractivity contribution in [2.45, 2.75) is 32.4 Å². The number of methoxy groups -OCH3 is 1. The zero-order valence-corrected chi connectivity index (χ0v) is 21.9. The predicted molar refractivity (Wildman–Crippen MR) is 135 cm³/mol. The molecule has 0 heterocycles. The highest BCUT2D eigenvalue weighted by atomic mass is 35.5. The second-order valence-electron chi connectivity index (χ2n) is 7.69. The minimum absolute atomic E-state index is 0.0303. The summed E-state index contributed by atoms with van der Waals surface area (Å²) in [5.41, 5.74) is 1.09. The van der Waals surface area contributed by atoms with Crippen molar-refractivity contribution in [3.63, 3.8) is 0 Å². The van der Waals surface area contributed by atoms with Gasteiger partial charge in [-0.15, -0.1) is 0 Å². The minimum atomic E-state index is -3.59. The lowest BCUT2D eigenvalue weighted by atomic mass is 10.1. The largest absolute Gasteiger partial charge is 0.497 e. The molecule has 0 aliphatic carbocycles. The molecule has 0 bridgehead atoms. The van der Waals surface area contributed by atoms with Gasteiger partial charge in [-0.1, -0.05) is 35.3 Å². The van der Waals surface area contributed by atoms with Gasteiger partial charge in [-0.05, 0) is 43.2 Å². The highest BCUT2D eigenvalue weighted by Crippen LogP contribution is 2.25. The van der Waals surface area contributed by atoms with Gasteiger partial charge in [0.1, 0.15) is 11.8 Å². The van der Waals surface area contributed by atoms with Crippen LogP contribution >= 0.6 is 23.2 Å². The molecule has 2 aromatic carbocycles. The van der Waals surface area contributed by atoms with Gasteiger partial charge >= 0.3 is 0 Å². The Balaban J connectivity index is 2.18. The number of sulfonamides is 1. The number of nitrogens with one attached hydrogen (secondary N) is 1. The third-order valence-corrected chi connectivity index (χ3v) is 7.04. The molecule has 0 saturated carbocycles. The summed E-state index contributed by atoms with van der Waals surface area (Å²) in [6, 6.07) is 10.9. The Morgan fingerprint density at radius 3 is 2.44 bits per heavy atom. The second-order valence-corrected chi connectivity index (χ2v) is 10.4. The van der Waals surface area contributed by atoms with Crippen LogP contribution in [-0.4, -0.2) is 58.1 Å². The third-order valence-electron chi connectivity index (χ3n) is 5.26. The molecule has 2 amide bonds. The number of carbonyl (C=O) groups is 2. The Bertz CT molecular complexity index is 1130. The van der Waals surface area contributed by atoms with Crippen LogP contribution in [0.25, 0.3) is 0 Å². The smallest absolute Gasteiger partial charge is 0.242 e. The molecule has 0 aliphatic heterocycles. The predicted octanol–water partition coefficient (Wildman–Crippen LogP) is 3.71. The number of anilines is 1. The van der Waals surface area contributed by atoms with E-state index >= 15 is 0 Å². The van der Waals surface area contributed by atoms with Gasteiger partial charge in [0.2, 0.25) is 21.8 Å². The van der Waals surface area contributed by atoms with Crippen molar-refractivity contribution in [3.05, 3.63) is 58.1 Å². The molecule has 2 aromatic rings. The molecule has 186 valence electrons. The molecule has 1 atom stereocenters. The summed E-state index contributed by atoms with van der Waals surface area (Å²) in [6.45, 7) is 1.82. The Kier molecular flexibility index (Phi) is 10.0. The summed E-state index contributed by atoms with van der Waals surface area (Å²) in [7, 11) is -0.602. The van der Waals surface area contributed by atoms with Gasteiger partial charge < -0.3 is 15.0 Å². The monoisotopic (exact) mass is 529 g/mol. The average Bonchev–Trinajstić information content (AvgIpc) is 2.79. The van der Waals surface area contributed by atoms with Crippen molar-refractivity contribution < 1.29 is 22.7 Å². The molecule has 2 rings (SSSR count). The maximum atomic E-state index is 13.1. The van der Waals surface area contributed by atoms with Gasteiger partial charge in [-0.2, -0.15) is 0 Å². The molecule has 0 saturated heterocycles. The highest BCUT2D eigenvalue weighted by molar-refractivity contribution is 7.92. The minimum Gasteiger partial charge on any atom is -0.497 e. The summed E-state index contributed by atoms with van der Waals surface area (Å²) >= 11 is 12.2. The van der Waals surface area contributed by atoms with Gasteiger partial charge in [-0.25, -0.2) is 8.42 Å². The maximum Gasteiger partial charge on any atom is 0.242 e. The summed E-state index contributed by atoms with van der Waals surface area (Å²) in [5, 5.41) is 3.40. The van der Waals surface area contributed by atoms with Crippen molar-refractivity contribution in [1.82, 2.24) is 10.2 Å². The number of nitrogens with zero attached hydrogens (tertiary/aromatic N) is 2. The fourth-order valence-electron chi connectivity index (χ4n) is 3.39. The second kappa shape index (κ2) is 12.3. The van der Waals surface area contributed by atoms with E-state index in [4.69, 9.17) is 27.9 Å². The van der Waals surface area contributed by atoms with Gasteiger partial charge in [0.05, 0.1) is 19.1 Å². The topological polar surface area (TPSA) is 96.0 Å². The van der Waals surface area contributed by atoms with E-state index in [1.807, 2.05) is 0 Å². The van der Waals surface area contributed by atoms with E-state index in [0.717, 1.165) is 6.26 Å². The zero-order valence-electron chi connectivity index (χ0n) is 19.5. The van der Waals surface area contributed by atoms with E-state index in [2.05, 4.69) is 5.32 Å². The first kappa shape index (κ1) is 27.8. The maximum absolute atomic E-state index is 13.1. The van der Waals surface area contributed by atoms with E-state index in [9.17, 15) is 18.0 Å². The summed E-state index contributed by atoms with van der Waals surface area (Å²) < 4.78 is 31.2. The van der Waals surface area contributed by atoms with E-state index < -0.39 is 16.1 Å². The first-order valence-corrected chi connectivity index (χ1v) is 13.1.